The van der Waals surface area contributed by atoms with Crippen molar-refractivity contribution in [1.82, 2.24) is 0 Å². The molecule has 1 rings (SSSR count). The number of benzene rings is 1. The second-order valence-corrected chi connectivity index (χ2v) is 3.31. The van der Waals surface area contributed by atoms with Crippen LogP contribution in [0.3, 0.4) is 0 Å². The highest BCUT2D eigenvalue weighted by atomic mass is 19.4. The van der Waals surface area contributed by atoms with E-state index >= 15 is 0 Å². The lowest BCUT2D eigenvalue weighted by molar-refractivity contribution is -0.138. The van der Waals surface area contributed by atoms with Gasteiger partial charge in [0, 0.05) is 11.1 Å². The van der Waals surface area contributed by atoms with Crippen LogP contribution < -0.4 is 0 Å². The average Bonchev–Trinajstić information content (AvgIpc) is 2.14. The van der Waals surface area contributed by atoms with Gasteiger partial charge in [-0.25, -0.2) is 8.78 Å². The van der Waals surface area contributed by atoms with E-state index in [2.05, 4.69) is 0 Å². The van der Waals surface area contributed by atoms with Gasteiger partial charge in [0.1, 0.15) is 5.75 Å². The van der Waals surface area contributed by atoms with Gasteiger partial charge in [0.25, 0.3) is 6.43 Å². The van der Waals surface area contributed by atoms with Gasteiger partial charge in [-0.1, -0.05) is 0 Å². The van der Waals surface area contributed by atoms with Gasteiger partial charge in [0.05, 0.1) is 5.56 Å². The number of phenols is 1. The van der Waals surface area contributed by atoms with Crippen LogP contribution in [-0.4, -0.2) is 10.9 Å². The van der Waals surface area contributed by atoms with Gasteiger partial charge < -0.3 is 5.11 Å². The zero-order valence-electron chi connectivity index (χ0n) is 8.48. The Hall–Kier alpha value is -1.66. The molecule has 0 bridgehead atoms. The lowest BCUT2D eigenvalue weighted by Crippen LogP contribution is -2.14. The molecule has 7 heteroatoms. The summed E-state index contributed by atoms with van der Waals surface area (Å²) in [7, 11) is 0. The quantitative estimate of drug-likeness (QED) is 0.647. The summed E-state index contributed by atoms with van der Waals surface area (Å²) in [4.78, 5) is 11.0. The van der Waals surface area contributed by atoms with Crippen molar-refractivity contribution in [2.45, 2.75) is 19.5 Å². The molecule has 0 spiro atoms. The third kappa shape index (κ3) is 2.72. The molecule has 0 unspecified atom stereocenters. The first-order valence-electron chi connectivity index (χ1n) is 4.37. The number of phenolic OH excluding ortho intramolecular Hbond substituents is 1. The Morgan fingerprint density at radius 2 is 1.82 bits per heavy atom. The molecule has 2 nitrogen and oxygen atoms in total. The maximum absolute atomic E-state index is 12.5. The van der Waals surface area contributed by atoms with E-state index in [4.69, 9.17) is 5.11 Å². The van der Waals surface area contributed by atoms with Crippen LogP contribution in [0.25, 0.3) is 0 Å². The Morgan fingerprint density at radius 3 is 2.18 bits per heavy atom. The molecule has 0 aliphatic heterocycles. The molecule has 0 aromatic heterocycles. The summed E-state index contributed by atoms with van der Waals surface area (Å²) < 4.78 is 62.6. The summed E-state index contributed by atoms with van der Waals surface area (Å²) in [6.07, 6.45) is -8.26. The second-order valence-electron chi connectivity index (χ2n) is 3.31. The van der Waals surface area contributed by atoms with Crippen molar-refractivity contribution >= 4 is 5.78 Å². The highest BCUT2D eigenvalue weighted by Gasteiger charge is 2.37. The van der Waals surface area contributed by atoms with Gasteiger partial charge in [0.2, 0.25) is 0 Å². The standard InChI is InChI=1S/C10H7F5O2/c1-4(16)8-6(9(11)12)2-5(17)3-7(8)10(13,14)15/h2-3,9,17H,1H3. The normalized spacial score (nSPS) is 11.9. The van der Waals surface area contributed by atoms with Crippen LogP contribution >= 0.6 is 0 Å². The van der Waals surface area contributed by atoms with E-state index in [0.29, 0.717) is 6.07 Å². The number of aromatic hydroxyl groups is 1. The van der Waals surface area contributed by atoms with Gasteiger partial charge in [-0.2, -0.15) is 13.2 Å². The van der Waals surface area contributed by atoms with Crippen LogP contribution in [0.15, 0.2) is 12.1 Å². The number of carbonyl (C=O) groups excluding carboxylic acids is 1. The fraction of sp³-hybridized carbons (Fsp3) is 0.300. The van der Waals surface area contributed by atoms with Crippen LogP contribution in [0.2, 0.25) is 0 Å². The number of ketones is 1. The van der Waals surface area contributed by atoms with Crippen molar-refractivity contribution in [3.05, 3.63) is 28.8 Å². The van der Waals surface area contributed by atoms with Crippen LogP contribution in [-0.2, 0) is 6.18 Å². The van der Waals surface area contributed by atoms with Crippen LogP contribution in [0.1, 0.15) is 34.8 Å². The smallest absolute Gasteiger partial charge is 0.417 e. The Bertz CT molecular complexity index is 451. The second kappa shape index (κ2) is 4.31. The highest BCUT2D eigenvalue weighted by molar-refractivity contribution is 5.97. The fourth-order valence-electron chi connectivity index (χ4n) is 1.44. The summed E-state index contributed by atoms with van der Waals surface area (Å²) in [6.45, 7) is 0.757. The predicted molar refractivity (Wildman–Crippen MR) is 48.1 cm³/mol. The van der Waals surface area contributed by atoms with Crippen molar-refractivity contribution < 1.29 is 31.9 Å². The van der Waals surface area contributed by atoms with Gasteiger partial charge in [-0.15, -0.1) is 0 Å². The minimum Gasteiger partial charge on any atom is -0.508 e. The Kier molecular flexibility index (Phi) is 3.40. The first-order valence-corrected chi connectivity index (χ1v) is 4.37. The first-order chi connectivity index (χ1) is 7.64. The van der Waals surface area contributed by atoms with Crippen LogP contribution in [0.5, 0.6) is 5.75 Å². The summed E-state index contributed by atoms with van der Waals surface area (Å²) >= 11 is 0. The molecule has 0 heterocycles. The molecule has 1 aromatic rings. The number of carbonyl (C=O) groups is 1. The van der Waals surface area contributed by atoms with E-state index in [1.807, 2.05) is 0 Å². The van der Waals surface area contributed by atoms with Gasteiger partial charge in [-0.3, -0.25) is 4.79 Å². The molecular weight excluding hydrogens is 247 g/mol. The van der Waals surface area contributed by atoms with E-state index in [0.717, 1.165) is 6.92 Å². The van der Waals surface area contributed by atoms with Crippen molar-refractivity contribution in [3.63, 3.8) is 0 Å². The molecule has 0 radical (unpaired) electrons. The summed E-state index contributed by atoms with van der Waals surface area (Å²) in [5.41, 5.74) is -3.78. The average molecular weight is 254 g/mol. The lowest BCUT2D eigenvalue weighted by Gasteiger charge is -2.15. The largest absolute Gasteiger partial charge is 0.508 e. The molecule has 1 N–H and O–H groups in total. The highest BCUT2D eigenvalue weighted by Crippen LogP contribution is 2.38. The zero-order chi connectivity index (χ0) is 13.4. The van der Waals surface area contributed by atoms with E-state index in [-0.39, 0.29) is 6.07 Å². The Balaban J connectivity index is 3.64. The number of rotatable bonds is 2. The van der Waals surface area contributed by atoms with Gasteiger partial charge in [-0.05, 0) is 19.1 Å². The first kappa shape index (κ1) is 13.4. The van der Waals surface area contributed by atoms with Crippen LogP contribution in [0.4, 0.5) is 22.0 Å². The van der Waals surface area contributed by atoms with E-state index in [1.54, 1.807) is 0 Å². The molecule has 0 saturated heterocycles. The van der Waals surface area contributed by atoms with Crippen molar-refractivity contribution in [1.29, 1.82) is 0 Å². The predicted octanol–water partition coefficient (Wildman–Crippen LogP) is 3.55. The molecule has 0 amide bonds. The minimum atomic E-state index is -4.98. The molecule has 0 aliphatic carbocycles. The third-order valence-electron chi connectivity index (χ3n) is 2.05. The van der Waals surface area contributed by atoms with E-state index < -0.39 is 40.8 Å². The monoisotopic (exact) mass is 254 g/mol. The number of halogens is 5. The van der Waals surface area contributed by atoms with E-state index in [1.165, 1.54) is 0 Å². The molecule has 17 heavy (non-hydrogen) atoms. The Morgan fingerprint density at radius 1 is 1.29 bits per heavy atom. The van der Waals surface area contributed by atoms with Gasteiger partial charge >= 0.3 is 6.18 Å². The fourth-order valence-corrected chi connectivity index (χ4v) is 1.44. The zero-order valence-corrected chi connectivity index (χ0v) is 8.48. The third-order valence-corrected chi connectivity index (χ3v) is 2.05. The molecule has 0 fully saturated rings. The maximum atomic E-state index is 12.5. The van der Waals surface area contributed by atoms with Crippen molar-refractivity contribution in [3.8, 4) is 5.75 Å². The number of hydrogen-bond acceptors (Lipinski definition) is 2. The van der Waals surface area contributed by atoms with E-state index in [9.17, 15) is 26.7 Å². The molecular formula is C10H7F5O2. The number of Topliss-reactive ketones (excluding diaryl/α,β-unsaturated/α-hetero) is 1. The van der Waals surface area contributed by atoms with Crippen LogP contribution in [0, 0.1) is 0 Å². The molecule has 0 atom stereocenters. The SMILES string of the molecule is CC(=O)c1c(C(F)F)cc(O)cc1C(F)(F)F. The molecule has 0 saturated carbocycles. The summed E-state index contributed by atoms with van der Waals surface area (Å²) in [5.74, 6) is -2.09. The minimum absolute atomic E-state index is 0.253. The lowest BCUT2D eigenvalue weighted by atomic mass is 9.97. The van der Waals surface area contributed by atoms with Crippen molar-refractivity contribution in [2.75, 3.05) is 0 Å². The molecule has 1 aromatic carbocycles. The Labute approximate surface area is 92.7 Å². The molecule has 0 aliphatic rings. The topological polar surface area (TPSA) is 37.3 Å². The van der Waals surface area contributed by atoms with Crippen molar-refractivity contribution in [2.24, 2.45) is 0 Å². The maximum Gasteiger partial charge on any atom is 0.417 e. The van der Waals surface area contributed by atoms with Gasteiger partial charge in [0.15, 0.2) is 5.78 Å². The summed E-state index contributed by atoms with van der Waals surface area (Å²) in [5, 5.41) is 8.97. The molecule has 94 valence electrons. The number of alkyl halides is 5. The number of hydrogen-bond donors (Lipinski definition) is 1. The summed E-state index contributed by atoms with van der Waals surface area (Å²) in [6, 6.07) is 0.708.